The minimum atomic E-state index is -0.406. The number of nitrogens with one attached hydrogen (secondary N) is 2. The fourth-order valence-electron chi connectivity index (χ4n) is 2.97. The number of amides is 2. The normalized spacial score (nSPS) is 10.9. The van der Waals surface area contributed by atoms with Crippen molar-refractivity contribution < 1.29 is 4.79 Å². The van der Waals surface area contributed by atoms with Gasteiger partial charge in [0, 0.05) is 22.5 Å². The molecule has 146 valence electrons. The SMILES string of the molecule is Cc1cccn2c(NC(=O)Nc3ccc(Cl)cc3)c(-c3ccc(Cl)c(Cl)c3)nc12. The summed E-state index contributed by atoms with van der Waals surface area (Å²) in [5, 5.41) is 7.14. The van der Waals surface area contributed by atoms with E-state index in [2.05, 4.69) is 10.6 Å². The smallest absolute Gasteiger partial charge is 0.308 e. The Hall–Kier alpha value is -2.73. The van der Waals surface area contributed by atoms with Crippen LogP contribution in [0, 0.1) is 6.92 Å². The second kappa shape index (κ2) is 7.95. The molecule has 2 heterocycles. The summed E-state index contributed by atoms with van der Waals surface area (Å²) in [7, 11) is 0. The van der Waals surface area contributed by atoms with Crippen molar-refractivity contribution in [3.05, 3.63) is 81.4 Å². The van der Waals surface area contributed by atoms with Crippen LogP contribution in [0.2, 0.25) is 15.1 Å². The molecule has 2 aromatic carbocycles. The van der Waals surface area contributed by atoms with Crippen LogP contribution in [0.3, 0.4) is 0 Å². The molecule has 0 atom stereocenters. The van der Waals surface area contributed by atoms with Crippen LogP contribution >= 0.6 is 34.8 Å². The Morgan fingerprint density at radius 2 is 1.72 bits per heavy atom. The number of carbonyl (C=O) groups excluding carboxylic acids is 1. The van der Waals surface area contributed by atoms with Gasteiger partial charge < -0.3 is 5.32 Å². The predicted octanol–water partition coefficient (Wildman–Crippen LogP) is 6.91. The van der Waals surface area contributed by atoms with E-state index >= 15 is 0 Å². The van der Waals surface area contributed by atoms with Gasteiger partial charge in [0.1, 0.15) is 17.2 Å². The van der Waals surface area contributed by atoms with Crippen molar-refractivity contribution in [1.82, 2.24) is 9.38 Å². The highest BCUT2D eigenvalue weighted by atomic mass is 35.5. The first kappa shape index (κ1) is 19.6. The molecule has 0 bridgehead atoms. The van der Waals surface area contributed by atoms with Gasteiger partial charge in [-0.1, -0.05) is 46.9 Å². The Morgan fingerprint density at radius 3 is 2.45 bits per heavy atom. The van der Waals surface area contributed by atoms with Crippen molar-refractivity contribution >= 4 is 58.0 Å². The number of fused-ring (bicyclic) bond motifs is 1. The van der Waals surface area contributed by atoms with Crippen LogP contribution in [-0.2, 0) is 0 Å². The zero-order chi connectivity index (χ0) is 20.5. The molecule has 0 aliphatic carbocycles. The lowest BCUT2D eigenvalue weighted by molar-refractivity contribution is 0.262. The van der Waals surface area contributed by atoms with Gasteiger partial charge in [-0.25, -0.2) is 9.78 Å². The van der Waals surface area contributed by atoms with Crippen molar-refractivity contribution in [2.45, 2.75) is 6.92 Å². The van der Waals surface area contributed by atoms with Crippen molar-refractivity contribution in [3.63, 3.8) is 0 Å². The molecule has 2 aromatic heterocycles. The highest BCUT2D eigenvalue weighted by Gasteiger charge is 2.18. The lowest BCUT2D eigenvalue weighted by atomic mass is 10.1. The van der Waals surface area contributed by atoms with E-state index in [9.17, 15) is 4.79 Å². The maximum Gasteiger partial charge on any atom is 0.324 e. The molecule has 0 radical (unpaired) electrons. The van der Waals surface area contributed by atoms with Gasteiger partial charge >= 0.3 is 6.03 Å². The maximum atomic E-state index is 12.7. The molecular weight excluding hydrogens is 431 g/mol. The number of carbonyl (C=O) groups is 1. The van der Waals surface area contributed by atoms with Crippen LogP contribution in [0.1, 0.15) is 5.56 Å². The van der Waals surface area contributed by atoms with Gasteiger partial charge in [-0.2, -0.15) is 0 Å². The number of halogens is 3. The largest absolute Gasteiger partial charge is 0.324 e. The summed E-state index contributed by atoms with van der Waals surface area (Å²) in [5.74, 6) is 0.522. The summed E-state index contributed by atoms with van der Waals surface area (Å²) in [6.07, 6.45) is 1.84. The molecule has 0 fully saturated rings. The van der Waals surface area contributed by atoms with Crippen molar-refractivity contribution in [2.24, 2.45) is 0 Å². The number of imidazole rings is 1. The average molecular weight is 446 g/mol. The van der Waals surface area contributed by atoms with Crippen LogP contribution in [0.4, 0.5) is 16.3 Å². The van der Waals surface area contributed by atoms with Gasteiger partial charge in [-0.3, -0.25) is 9.72 Å². The second-order valence-electron chi connectivity index (χ2n) is 6.41. The molecule has 2 N–H and O–H groups in total. The Labute approximate surface area is 182 Å². The molecule has 0 aliphatic heterocycles. The molecule has 0 spiro atoms. The van der Waals surface area contributed by atoms with Crippen LogP contribution in [0.25, 0.3) is 16.9 Å². The summed E-state index contributed by atoms with van der Waals surface area (Å²) in [6.45, 7) is 1.96. The number of anilines is 2. The summed E-state index contributed by atoms with van der Waals surface area (Å²) >= 11 is 18.1. The number of rotatable bonds is 3. The van der Waals surface area contributed by atoms with Crippen molar-refractivity contribution in [1.29, 1.82) is 0 Å². The number of benzene rings is 2. The minimum absolute atomic E-state index is 0.406. The molecule has 0 saturated heterocycles. The summed E-state index contributed by atoms with van der Waals surface area (Å²) in [5.41, 5.74) is 3.65. The number of hydrogen-bond acceptors (Lipinski definition) is 2. The standard InChI is InChI=1S/C21H15Cl3N4O/c1-12-3-2-10-28-19(12)26-18(13-4-9-16(23)17(24)11-13)20(28)27-21(29)25-15-7-5-14(22)6-8-15/h2-11H,1H3,(H2,25,27,29). The molecule has 2 amide bonds. The lowest BCUT2D eigenvalue weighted by Crippen LogP contribution is -2.20. The van der Waals surface area contributed by atoms with Crippen molar-refractivity contribution in [2.75, 3.05) is 10.6 Å². The zero-order valence-corrected chi connectivity index (χ0v) is 17.5. The third kappa shape index (κ3) is 4.03. The molecular formula is C21H15Cl3N4O. The number of pyridine rings is 1. The number of nitrogens with zero attached hydrogens (tertiary/aromatic N) is 2. The molecule has 8 heteroatoms. The Morgan fingerprint density at radius 1 is 0.966 bits per heavy atom. The summed E-state index contributed by atoms with van der Waals surface area (Å²) in [6, 6.07) is 15.5. The van der Waals surface area contributed by atoms with Crippen LogP contribution in [0.5, 0.6) is 0 Å². The molecule has 0 saturated carbocycles. The van der Waals surface area contributed by atoms with E-state index in [1.54, 1.807) is 36.4 Å². The molecule has 29 heavy (non-hydrogen) atoms. The average Bonchev–Trinajstić information content (AvgIpc) is 3.06. The van der Waals surface area contributed by atoms with Gasteiger partial charge in [-0.05, 0) is 55.0 Å². The quantitative estimate of drug-likeness (QED) is 0.360. The molecule has 4 aromatic rings. The first-order valence-corrected chi connectivity index (χ1v) is 9.82. The predicted molar refractivity (Wildman–Crippen MR) is 119 cm³/mol. The number of aromatic nitrogens is 2. The zero-order valence-electron chi connectivity index (χ0n) is 15.2. The van der Waals surface area contributed by atoms with E-state index in [-0.39, 0.29) is 0 Å². The minimum Gasteiger partial charge on any atom is -0.308 e. The van der Waals surface area contributed by atoms with Crippen LogP contribution in [-0.4, -0.2) is 15.4 Å². The van der Waals surface area contributed by atoms with Crippen LogP contribution < -0.4 is 10.6 Å². The van der Waals surface area contributed by atoms with Gasteiger partial charge in [0.05, 0.1) is 10.0 Å². The van der Waals surface area contributed by atoms with Crippen LogP contribution in [0.15, 0.2) is 60.8 Å². The Bertz CT molecular complexity index is 1220. The lowest BCUT2D eigenvalue weighted by Gasteiger charge is -2.10. The number of hydrogen-bond donors (Lipinski definition) is 2. The van der Waals surface area contributed by atoms with E-state index < -0.39 is 6.03 Å². The summed E-state index contributed by atoms with van der Waals surface area (Å²) < 4.78 is 1.83. The third-order valence-electron chi connectivity index (χ3n) is 4.37. The molecule has 5 nitrogen and oxygen atoms in total. The molecule has 4 rings (SSSR count). The topological polar surface area (TPSA) is 58.4 Å². The molecule has 0 unspecified atom stereocenters. The third-order valence-corrected chi connectivity index (χ3v) is 5.36. The van der Waals surface area contributed by atoms with Gasteiger partial charge in [-0.15, -0.1) is 0 Å². The Balaban J connectivity index is 1.75. The second-order valence-corrected chi connectivity index (χ2v) is 7.66. The maximum absolute atomic E-state index is 12.7. The monoisotopic (exact) mass is 444 g/mol. The fourth-order valence-corrected chi connectivity index (χ4v) is 3.40. The van der Waals surface area contributed by atoms with E-state index in [0.717, 1.165) is 16.8 Å². The summed E-state index contributed by atoms with van der Waals surface area (Å²) in [4.78, 5) is 17.4. The first-order chi connectivity index (χ1) is 13.9. The highest BCUT2D eigenvalue weighted by molar-refractivity contribution is 6.42. The highest BCUT2D eigenvalue weighted by Crippen LogP contribution is 2.33. The van der Waals surface area contributed by atoms with Gasteiger partial charge in [0.15, 0.2) is 0 Å². The Kier molecular flexibility index (Phi) is 5.37. The van der Waals surface area contributed by atoms with Gasteiger partial charge in [0.2, 0.25) is 0 Å². The van der Waals surface area contributed by atoms with E-state index in [1.165, 1.54) is 0 Å². The first-order valence-electron chi connectivity index (χ1n) is 8.69. The van der Waals surface area contributed by atoms with E-state index in [4.69, 9.17) is 39.8 Å². The van der Waals surface area contributed by atoms with E-state index in [0.29, 0.717) is 32.3 Å². The number of urea groups is 1. The molecule has 0 aliphatic rings. The van der Waals surface area contributed by atoms with Gasteiger partial charge in [0.25, 0.3) is 0 Å². The van der Waals surface area contributed by atoms with Crippen molar-refractivity contribution in [3.8, 4) is 11.3 Å². The number of aryl methyl sites for hydroxylation is 1. The fraction of sp³-hybridized carbons (Fsp3) is 0.0476. The van der Waals surface area contributed by atoms with E-state index in [1.807, 2.05) is 35.7 Å².